The summed E-state index contributed by atoms with van der Waals surface area (Å²) in [4.78, 5) is 0.339. The van der Waals surface area contributed by atoms with Crippen molar-refractivity contribution in [1.82, 2.24) is 4.31 Å². The first-order valence-corrected chi connectivity index (χ1v) is 8.89. The van der Waals surface area contributed by atoms with Gasteiger partial charge >= 0.3 is 0 Å². The van der Waals surface area contributed by atoms with E-state index in [1.165, 1.54) is 0 Å². The summed E-state index contributed by atoms with van der Waals surface area (Å²) in [6.07, 6.45) is 2.04. The lowest BCUT2D eigenvalue weighted by atomic mass is 10.0. The predicted molar refractivity (Wildman–Crippen MR) is 79.0 cm³/mol. The van der Waals surface area contributed by atoms with Gasteiger partial charge in [0.15, 0.2) is 0 Å². The molecule has 0 unspecified atom stereocenters. The standard InChI is InChI=1S/C12H15Br2NO2S/c1-9-3-2-6-15(8-9)18(16,17)12-7-10(13)4-5-11(12)14/h4-5,7,9H,2-3,6,8H2,1H3/t9-/m0/s1. The highest BCUT2D eigenvalue weighted by molar-refractivity contribution is 9.11. The Labute approximate surface area is 125 Å². The Balaban J connectivity index is 2.38. The van der Waals surface area contributed by atoms with Crippen molar-refractivity contribution in [3.8, 4) is 0 Å². The van der Waals surface area contributed by atoms with Gasteiger partial charge < -0.3 is 0 Å². The Bertz CT molecular complexity index is 545. The highest BCUT2D eigenvalue weighted by Gasteiger charge is 2.30. The van der Waals surface area contributed by atoms with Crippen LogP contribution in [0.2, 0.25) is 0 Å². The highest BCUT2D eigenvalue weighted by Crippen LogP contribution is 2.30. The lowest BCUT2D eigenvalue weighted by molar-refractivity contribution is 0.281. The minimum atomic E-state index is -3.39. The summed E-state index contributed by atoms with van der Waals surface area (Å²) in [7, 11) is -3.39. The zero-order valence-corrected chi connectivity index (χ0v) is 14.1. The minimum absolute atomic E-state index is 0.339. The summed E-state index contributed by atoms with van der Waals surface area (Å²) >= 11 is 6.64. The third kappa shape index (κ3) is 2.98. The monoisotopic (exact) mass is 395 g/mol. The second-order valence-electron chi connectivity index (χ2n) is 4.69. The van der Waals surface area contributed by atoms with Crippen LogP contribution in [0, 0.1) is 5.92 Å². The molecular formula is C12H15Br2NO2S. The van der Waals surface area contributed by atoms with E-state index in [0.29, 0.717) is 28.4 Å². The van der Waals surface area contributed by atoms with Crippen molar-refractivity contribution in [3.63, 3.8) is 0 Å². The van der Waals surface area contributed by atoms with E-state index < -0.39 is 10.0 Å². The number of hydrogen-bond donors (Lipinski definition) is 0. The number of benzene rings is 1. The topological polar surface area (TPSA) is 37.4 Å². The van der Waals surface area contributed by atoms with Crippen LogP contribution in [0.3, 0.4) is 0 Å². The van der Waals surface area contributed by atoms with E-state index in [1.54, 1.807) is 16.4 Å². The molecule has 6 heteroatoms. The van der Waals surface area contributed by atoms with Gasteiger partial charge in [-0.15, -0.1) is 0 Å². The maximum Gasteiger partial charge on any atom is 0.244 e. The van der Waals surface area contributed by atoms with Gasteiger partial charge in [0.1, 0.15) is 0 Å². The normalized spacial score (nSPS) is 22.1. The largest absolute Gasteiger partial charge is 0.244 e. The summed E-state index contributed by atoms with van der Waals surface area (Å²) in [6.45, 7) is 3.32. The van der Waals surface area contributed by atoms with E-state index in [4.69, 9.17) is 0 Å². The van der Waals surface area contributed by atoms with Gasteiger partial charge in [0.05, 0.1) is 4.90 Å². The molecule has 0 amide bonds. The van der Waals surface area contributed by atoms with Gasteiger partial charge in [0.25, 0.3) is 0 Å². The van der Waals surface area contributed by atoms with Crippen LogP contribution in [0.15, 0.2) is 32.0 Å². The molecule has 1 aromatic carbocycles. The maximum absolute atomic E-state index is 12.6. The smallest absolute Gasteiger partial charge is 0.207 e. The third-order valence-corrected chi connectivity index (χ3v) is 6.48. The number of nitrogens with zero attached hydrogens (tertiary/aromatic N) is 1. The van der Waals surface area contributed by atoms with Crippen LogP contribution in [0.1, 0.15) is 19.8 Å². The first kappa shape index (κ1) is 14.5. The van der Waals surface area contributed by atoms with Gasteiger partial charge in [-0.2, -0.15) is 4.31 Å². The Morgan fingerprint density at radius 2 is 2.06 bits per heavy atom. The van der Waals surface area contributed by atoms with Crippen LogP contribution in [0.25, 0.3) is 0 Å². The van der Waals surface area contributed by atoms with Crippen molar-refractivity contribution in [2.45, 2.75) is 24.7 Å². The molecule has 1 heterocycles. The Hall–Kier alpha value is 0.0900. The molecule has 3 nitrogen and oxygen atoms in total. The Morgan fingerprint density at radius 1 is 1.33 bits per heavy atom. The Morgan fingerprint density at radius 3 is 2.72 bits per heavy atom. The summed E-state index contributed by atoms with van der Waals surface area (Å²) in [5.74, 6) is 0.430. The molecule has 1 aromatic rings. The molecule has 2 rings (SSSR count). The van der Waals surface area contributed by atoms with E-state index in [9.17, 15) is 8.42 Å². The molecule has 0 aromatic heterocycles. The van der Waals surface area contributed by atoms with Gasteiger partial charge in [-0.05, 0) is 52.9 Å². The van der Waals surface area contributed by atoms with E-state index >= 15 is 0 Å². The van der Waals surface area contributed by atoms with Crippen molar-refractivity contribution in [1.29, 1.82) is 0 Å². The molecule has 1 aliphatic rings. The third-order valence-electron chi connectivity index (χ3n) is 3.13. The summed E-state index contributed by atoms with van der Waals surface area (Å²) in [5.41, 5.74) is 0. The number of hydrogen-bond acceptors (Lipinski definition) is 2. The van der Waals surface area contributed by atoms with E-state index in [0.717, 1.165) is 17.3 Å². The van der Waals surface area contributed by atoms with Gasteiger partial charge in [-0.3, -0.25) is 0 Å². The maximum atomic E-state index is 12.6. The second-order valence-corrected chi connectivity index (χ2v) is 8.36. The van der Waals surface area contributed by atoms with Gasteiger partial charge in [-0.1, -0.05) is 22.9 Å². The molecule has 1 fully saturated rings. The molecular weight excluding hydrogens is 382 g/mol. The summed E-state index contributed by atoms with van der Waals surface area (Å²) in [6, 6.07) is 5.23. The van der Waals surface area contributed by atoms with E-state index in [2.05, 4.69) is 38.8 Å². The predicted octanol–water partition coefficient (Wildman–Crippen LogP) is 3.63. The van der Waals surface area contributed by atoms with Crippen molar-refractivity contribution in [2.75, 3.05) is 13.1 Å². The molecule has 1 atom stereocenters. The first-order chi connectivity index (χ1) is 8.41. The molecule has 0 spiro atoms. The highest BCUT2D eigenvalue weighted by atomic mass is 79.9. The molecule has 0 aliphatic carbocycles. The van der Waals surface area contributed by atoms with Crippen LogP contribution in [-0.2, 0) is 10.0 Å². The summed E-state index contributed by atoms with van der Waals surface area (Å²) in [5, 5.41) is 0. The molecule has 0 N–H and O–H groups in total. The number of halogens is 2. The van der Waals surface area contributed by atoms with Crippen molar-refractivity contribution < 1.29 is 8.42 Å². The zero-order valence-electron chi connectivity index (χ0n) is 10.1. The van der Waals surface area contributed by atoms with Crippen LogP contribution >= 0.6 is 31.9 Å². The number of piperidine rings is 1. The van der Waals surface area contributed by atoms with Gasteiger partial charge in [0.2, 0.25) is 10.0 Å². The molecule has 100 valence electrons. The van der Waals surface area contributed by atoms with Crippen LogP contribution in [0.5, 0.6) is 0 Å². The van der Waals surface area contributed by atoms with Crippen molar-refractivity contribution >= 4 is 41.9 Å². The molecule has 0 bridgehead atoms. The minimum Gasteiger partial charge on any atom is -0.207 e. The number of rotatable bonds is 2. The average Bonchev–Trinajstić information content (AvgIpc) is 2.32. The fourth-order valence-electron chi connectivity index (χ4n) is 2.18. The first-order valence-electron chi connectivity index (χ1n) is 5.86. The molecule has 18 heavy (non-hydrogen) atoms. The molecule has 1 aliphatic heterocycles. The van der Waals surface area contributed by atoms with Gasteiger partial charge in [-0.25, -0.2) is 8.42 Å². The van der Waals surface area contributed by atoms with E-state index in [-0.39, 0.29) is 0 Å². The lowest BCUT2D eigenvalue weighted by Crippen LogP contribution is -2.39. The lowest BCUT2D eigenvalue weighted by Gasteiger charge is -2.30. The van der Waals surface area contributed by atoms with Gasteiger partial charge in [0, 0.05) is 22.0 Å². The quantitative estimate of drug-likeness (QED) is 0.765. The molecule has 0 radical (unpaired) electrons. The number of sulfonamides is 1. The zero-order chi connectivity index (χ0) is 13.3. The average molecular weight is 397 g/mol. The van der Waals surface area contributed by atoms with Crippen LogP contribution in [-0.4, -0.2) is 25.8 Å². The van der Waals surface area contributed by atoms with Crippen molar-refractivity contribution in [2.24, 2.45) is 5.92 Å². The van der Waals surface area contributed by atoms with Crippen LogP contribution in [0.4, 0.5) is 0 Å². The Kier molecular flexibility index (Phi) is 4.52. The SMILES string of the molecule is C[C@H]1CCCN(S(=O)(=O)c2cc(Br)ccc2Br)C1. The van der Waals surface area contributed by atoms with E-state index in [1.807, 2.05) is 6.07 Å². The fraction of sp³-hybridized carbons (Fsp3) is 0.500. The molecule has 0 saturated carbocycles. The second kappa shape index (κ2) is 5.61. The fourth-order valence-corrected chi connectivity index (χ4v) is 5.24. The molecule has 1 saturated heterocycles. The summed E-state index contributed by atoms with van der Waals surface area (Å²) < 4.78 is 28.1. The van der Waals surface area contributed by atoms with Crippen molar-refractivity contribution in [3.05, 3.63) is 27.1 Å². The van der Waals surface area contributed by atoms with Crippen LogP contribution < -0.4 is 0 Å².